The van der Waals surface area contributed by atoms with E-state index in [-0.39, 0.29) is 23.0 Å². The molecule has 2 rings (SSSR count). The van der Waals surface area contributed by atoms with Crippen molar-refractivity contribution in [3.63, 3.8) is 0 Å². The zero-order valence-electron chi connectivity index (χ0n) is 11.0. The quantitative estimate of drug-likeness (QED) is 0.839. The Kier molecular flexibility index (Phi) is 4.84. The molecule has 0 aliphatic carbocycles. The summed E-state index contributed by atoms with van der Waals surface area (Å²) >= 11 is 11.9. The Morgan fingerprint density at radius 3 is 2.62 bits per heavy atom. The molecule has 114 valence electrons. The molecule has 0 radical (unpaired) electrons. The number of aryl methyl sites for hydroxylation is 1. The topological polar surface area (TPSA) is 103 Å². The van der Waals surface area contributed by atoms with Crippen molar-refractivity contribution in [3.8, 4) is 0 Å². The Labute approximate surface area is 132 Å². The molecule has 21 heavy (non-hydrogen) atoms. The standard InChI is InChI=1S/C11H13Cl2N5O2S/c1-18-6-15-11(17-18)5-16-21(19,20)10-2-7(4-14)8(12)3-9(10)13/h2-3,6,16H,4-5,14H2,1H3. The highest BCUT2D eigenvalue weighted by molar-refractivity contribution is 7.89. The first-order chi connectivity index (χ1) is 9.83. The number of sulfonamides is 1. The minimum atomic E-state index is -3.81. The first-order valence-corrected chi connectivity index (χ1v) is 8.09. The smallest absolute Gasteiger partial charge is 0.242 e. The highest BCUT2D eigenvalue weighted by Crippen LogP contribution is 2.28. The first kappa shape index (κ1) is 16.2. The Hall–Kier alpha value is -1.19. The summed E-state index contributed by atoms with van der Waals surface area (Å²) in [5.41, 5.74) is 6.01. The largest absolute Gasteiger partial charge is 0.326 e. The third-order valence-corrected chi connectivity index (χ3v) is 4.90. The van der Waals surface area contributed by atoms with Gasteiger partial charge in [0, 0.05) is 18.6 Å². The molecular formula is C11H13Cl2N5O2S. The number of nitrogens with one attached hydrogen (secondary N) is 1. The van der Waals surface area contributed by atoms with Crippen LogP contribution >= 0.6 is 23.2 Å². The van der Waals surface area contributed by atoms with Crippen molar-refractivity contribution in [2.24, 2.45) is 12.8 Å². The fourth-order valence-electron chi connectivity index (χ4n) is 1.64. The summed E-state index contributed by atoms with van der Waals surface area (Å²) in [6.07, 6.45) is 1.48. The van der Waals surface area contributed by atoms with E-state index in [0.29, 0.717) is 16.4 Å². The average Bonchev–Trinajstić information content (AvgIpc) is 2.82. The van der Waals surface area contributed by atoms with E-state index in [4.69, 9.17) is 28.9 Å². The molecule has 3 N–H and O–H groups in total. The summed E-state index contributed by atoms with van der Waals surface area (Å²) in [6.45, 7) is 0.0698. The molecular weight excluding hydrogens is 337 g/mol. The number of hydrogen-bond donors (Lipinski definition) is 2. The SMILES string of the molecule is Cn1cnc(CNS(=O)(=O)c2cc(CN)c(Cl)cc2Cl)n1. The van der Waals surface area contributed by atoms with Crippen LogP contribution in [0.5, 0.6) is 0 Å². The van der Waals surface area contributed by atoms with Gasteiger partial charge < -0.3 is 5.73 Å². The molecule has 0 amide bonds. The minimum Gasteiger partial charge on any atom is -0.326 e. The van der Waals surface area contributed by atoms with E-state index >= 15 is 0 Å². The summed E-state index contributed by atoms with van der Waals surface area (Å²) in [5.74, 6) is 0.352. The van der Waals surface area contributed by atoms with Crippen LogP contribution in [-0.2, 0) is 30.2 Å². The van der Waals surface area contributed by atoms with Crippen molar-refractivity contribution in [2.75, 3.05) is 0 Å². The lowest BCUT2D eigenvalue weighted by molar-refractivity contribution is 0.578. The molecule has 0 spiro atoms. The van der Waals surface area contributed by atoms with Gasteiger partial charge in [-0.2, -0.15) is 5.10 Å². The van der Waals surface area contributed by atoms with Crippen LogP contribution in [0.15, 0.2) is 23.4 Å². The van der Waals surface area contributed by atoms with Crippen molar-refractivity contribution in [1.82, 2.24) is 19.5 Å². The molecule has 0 aliphatic heterocycles. The maximum atomic E-state index is 12.3. The van der Waals surface area contributed by atoms with Crippen LogP contribution in [0.25, 0.3) is 0 Å². The van der Waals surface area contributed by atoms with Gasteiger partial charge in [-0.15, -0.1) is 0 Å². The molecule has 0 unspecified atom stereocenters. The molecule has 0 saturated carbocycles. The number of nitrogens with zero attached hydrogens (tertiary/aromatic N) is 3. The Morgan fingerprint density at radius 1 is 1.33 bits per heavy atom. The maximum absolute atomic E-state index is 12.3. The summed E-state index contributed by atoms with van der Waals surface area (Å²) in [4.78, 5) is 3.85. The first-order valence-electron chi connectivity index (χ1n) is 5.85. The molecule has 1 heterocycles. The van der Waals surface area contributed by atoms with Crippen molar-refractivity contribution in [2.45, 2.75) is 18.0 Å². The normalized spacial score (nSPS) is 11.8. The highest BCUT2D eigenvalue weighted by atomic mass is 35.5. The summed E-state index contributed by atoms with van der Waals surface area (Å²) in [5, 5.41) is 4.34. The zero-order chi connectivity index (χ0) is 15.6. The van der Waals surface area contributed by atoms with Crippen LogP contribution in [0.4, 0.5) is 0 Å². The minimum absolute atomic E-state index is 0.0266. The van der Waals surface area contributed by atoms with Crippen molar-refractivity contribution in [3.05, 3.63) is 39.9 Å². The second-order valence-corrected chi connectivity index (χ2v) is 6.79. The zero-order valence-corrected chi connectivity index (χ0v) is 13.4. The predicted octanol–water partition coefficient (Wildman–Crippen LogP) is 1.06. The van der Waals surface area contributed by atoms with E-state index in [9.17, 15) is 8.42 Å². The number of halogens is 2. The lowest BCUT2D eigenvalue weighted by Crippen LogP contribution is -2.24. The van der Waals surface area contributed by atoms with Crippen LogP contribution in [0.3, 0.4) is 0 Å². The van der Waals surface area contributed by atoms with Gasteiger partial charge >= 0.3 is 0 Å². The Bertz CT molecular complexity index is 760. The van der Waals surface area contributed by atoms with Gasteiger partial charge in [0.25, 0.3) is 0 Å². The molecule has 0 bridgehead atoms. The molecule has 1 aromatic heterocycles. The second-order valence-electron chi connectivity index (χ2n) is 4.24. The fraction of sp³-hybridized carbons (Fsp3) is 0.273. The molecule has 10 heteroatoms. The van der Waals surface area contributed by atoms with Crippen LogP contribution in [0.1, 0.15) is 11.4 Å². The van der Waals surface area contributed by atoms with Crippen LogP contribution in [-0.4, -0.2) is 23.2 Å². The second kappa shape index (κ2) is 6.29. The number of hydrogen-bond acceptors (Lipinski definition) is 5. The number of benzene rings is 1. The van der Waals surface area contributed by atoms with Gasteiger partial charge in [0.1, 0.15) is 11.2 Å². The molecule has 0 fully saturated rings. The van der Waals surface area contributed by atoms with E-state index in [2.05, 4.69) is 14.8 Å². The van der Waals surface area contributed by atoms with Crippen molar-refractivity contribution < 1.29 is 8.42 Å². The molecule has 7 nitrogen and oxygen atoms in total. The van der Waals surface area contributed by atoms with Gasteiger partial charge in [-0.3, -0.25) is 4.68 Å². The lowest BCUT2D eigenvalue weighted by Gasteiger charge is -2.10. The molecule has 0 atom stereocenters. The molecule has 0 aliphatic rings. The van der Waals surface area contributed by atoms with E-state index < -0.39 is 10.0 Å². The number of aromatic nitrogens is 3. The summed E-state index contributed by atoms with van der Waals surface area (Å²) < 4.78 is 28.4. The van der Waals surface area contributed by atoms with Gasteiger partial charge in [0.2, 0.25) is 10.0 Å². The highest BCUT2D eigenvalue weighted by Gasteiger charge is 2.20. The van der Waals surface area contributed by atoms with Gasteiger partial charge in [-0.05, 0) is 17.7 Å². The monoisotopic (exact) mass is 349 g/mol. The molecule has 0 saturated heterocycles. The Balaban J connectivity index is 2.27. The van der Waals surface area contributed by atoms with Gasteiger partial charge in [-0.25, -0.2) is 18.1 Å². The Morgan fingerprint density at radius 2 is 2.05 bits per heavy atom. The summed E-state index contributed by atoms with van der Waals surface area (Å²) in [7, 11) is -2.13. The lowest BCUT2D eigenvalue weighted by atomic mass is 10.2. The van der Waals surface area contributed by atoms with E-state index in [1.54, 1.807) is 7.05 Å². The van der Waals surface area contributed by atoms with E-state index in [0.717, 1.165) is 0 Å². The third kappa shape index (κ3) is 3.72. The maximum Gasteiger partial charge on any atom is 0.242 e. The molecule has 1 aromatic carbocycles. The van der Waals surface area contributed by atoms with Crippen LogP contribution in [0, 0.1) is 0 Å². The predicted molar refractivity (Wildman–Crippen MR) is 79.4 cm³/mol. The fourth-order valence-corrected chi connectivity index (χ4v) is 3.49. The van der Waals surface area contributed by atoms with Crippen LogP contribution < -0.4 is 10.5 Å². The average molecular weight is 350 g/mol. The van der Waals surface area contributed by atoms with E-state index in [1.807, 2.05) is 0 Å². The summed E-state index contributed by atoms with van der Waals surface area (Å²) in [6, 6.07) is 2.72. The van der Waals surface area contributed by atoms with Gasteiger partial charge in [0.15, 0.2) is 5.82 Å². The van der Waals surface area contributed by atoms with E-state index in [1.165, 1.54) is 23.1 Å². The van der Waals surface area contributed by atoms with Crippen LogP contribution in [0.2, 0.25) is 10.0 Å². The van der Waals surface area contributed by atoms with Crippen molar-refractivity contribution in [1.29, 1.82) is 0 Å². The van der Waals surface area contributed by atoms with Crippen molar-refractivity contribution >= 4 is 33.2 Å². The number of rotatable bonds is 5. The number of nitrogens with two attached hydrogens (primary N) is 1. The molecule has 2 aromatic rings. The van der Waals surface area contributed by atoms with Gasteiger partial charge in [0.05, 0.1) is 11.6 Å². The van der Waals surface area contributed by atoms with Gasteiger partial charge in [-0.1, -0.05) is 23.2 Å². The third-order valence-electron chi connectivity index (χ3n) is 2.68.